The Hall–Kier alpha value is -0.680. The quantitative estimate of drug-likeness (QED) is 0.439. The zero-order valence-corrected chi connectivity index (χ0v) is 6.69. The topological polar surface area (TPSA) is 20.3 Å². The van der Waals surface area contributed by atoms with Crippen LogP contribution in [0.3, 0.4) is 0 Å². The summed E-state index contributed by atoms with van der Waals surface area (Å²) in [5, 5.41) is 0. The van der Waals surface area contributed by atoms with Crippen molar-refractivity contribution < 1.29 is 4.79 Å². The monoisotopic (exact) mass is 159 g/mol. The first-order valence-corrected chi connectivity index (χ1v) is 3.49. The van der Waals surface area contributed by atoms with Gasteiger partial charge in [-0.05, 0) is 0 Å². The Morgan fingerprint density at radius 2 is 2.40 bits per heavy atom. The molecule has 0 radical (unpaired) electrons. The molecular weight excluding hydrogens is 150 g/mol. The van der Waals surface area contributed by atoms with Gasteiger partial charge in [0, 0.05) is 19.3 Å². The van der Waals surface area contributed by atoms with E-state index in [1.165, 1.54) is 4.90 Å². The van der Waals surface area contributed by atoms with Crippen molar-refractivity contribution in [3.05, 3.63) is 0 Å². The molecule has 0 atom stereocenters. The molecule has 0 bridgehead atoms. The van der Waals surface area contributed by atoms with Gasteiger partial charge >= 0.3 is 0 Å². The van der Waals surface area contributed by atoms with Crippen LogP contribution >= 0.6 is 11.6 Å². The largest absolute Gasteiger partial charge is 0.335 e. The fraction of sp³-hybridized carbons (Fsp3) is 0.571. The molecule has 1 amide bonds. The van der Waals surface area contributed by atoms with E-state index in [0.717, 1.165) is 0 Å². The number of amides is 1. The lowest BCUT2D eigenvalue weighted by Crippen LogP contribution is -2.26. The molecular formula is C7H10ClNO. The van der Waals surface area contributed by atoms with Crippen LogP contribution in [0.4, 0.5) is 0 Å². The van der Waals surface area contributed by atoms with Crippen LogP contribution in [0.5, 0.6) is 0 Å². The molecule has 0 rings (SSSR count). The van der Waals surface area contributed by atoms with Crippen molar-refractivity contribution in [2.45, 2.75) is 6.42 Å². The number of carbonyl (C=O) groups is 1. The van der Waals surface area contributed by atoms with Crippen LogP contribution in [0.25, 0.3) is 0 Å². The van der Waals surface area contributed by atoms with Crippen molar-refractivity contribution in [1.29, 1.82) is 0 Å². The summed E-state index contributed by atoms with van der Waals surface area (Å²) in [7, 11) is 1.66. The fourth-order valence-electron chi connectivity index (χ4n) is 0.497. The summed E-state index contributed by atoms with van der Waals surface area (Å²) in [6.45, 7) is 0.357. The number of terminal acetylenes is 1. The normalized spacial score (nSPS) is 8.50. The molecule has 0 N–H and O–H groups in total. The van der Waals surface area contributed by atoms with Crippen molar-refractivity contribution >= 4 is 17.5 Å². The van der Waals surface area contributed by atoms with Gasteiger partial charge in [0.25, 0.3) is 0 Å². The van der Waals surface area contributed by atoms with E-state index in [-0.39, 0.29) is 5.91 Å². The van der Waals surface area contributed by atoms with E-state index in [1.807, 2.05) is 0 Å². The van der Waals surface area contributed by atoms with E-state index in [4.69, 9.17) is 18.0 Å². The summed E-state index contributed by atoms with van der Waals surface area (Å²) in [6, 6.07) is 0. The van der Waals surface area contributed by atoms with Gasteiger partial charge in [-0.15, -0.1) is 18.0 Å². The first-order valence-electron chi connectivity index (χ1n) is 2.95. The van der Waals surface area contributed by atoms with Gasteiger partial charge in [-0.3, -0.25) is 4.79 Å². The fourth-order valence-corrected chi connectivity index (χ4v) is 0.658. The number of rotatable bonds is 3. The van der Waals surface area contributed by atoms with E-state index in [2.05, 4.69) is 5.92 Å². The number of alkyl halides is 1. The van der Waals surface area contributed by atoms with Crippen molar-refractivity contribution in [2.24, 2.45) is 0 Å². The molecule has 3 heteroatoms. The van der Waals surface area contributed by atoms with Crippen LogP contribution in [-0.2, 0) is 4.79 Å². The highest BCUT2D eigenvalue weighted by atomic mass is 35.5. The molecule has 0 aliphatic carbocycles. The molecule has 2 nitrogen and oxygen atoms in total. The predicted octanol–water partition coefficient (Wildman–Crippen LogP) is 0.707. The molecule has 0 saturated heterocycles. The highest BCUT2D eigenvalue weighted by Crippen LogP contribution is 1.91. The third kappa shape index (κ3) is 3.37. The lowest BCUT2D eigenvalue weighted by atomic mass is 10.4. The second-order valence-corrected chi connectivity index (χ2v) is 2.27. The SMILES string of the molecule is C#CCN(C)C(=O)CCCl. The average molecular weight is 160 g/mol. The van der Waals surface area contributed by atoms with E-state index >= 15 is 0 Å². The molecule has 0 saturated carbocycles. The van der Waals surface area contributed by atoms with E-state index < -0.39 is 0 Å². The van der Waals surface area contributed by atoms with Gasteiger partial charge in [0.1, 0.15) is 0 Å². The molecule has 0 aromatic carbocycles. The molecule has 0 unspecified atom stereocenters. The second kappa shape index (κ2) is 5.13. The molecule has 0 aliphatic rings. The number of carbonyl (C=O) groups excluding carboxylic acids is 1. The molecule has 10 heavy (non-hydrogen) atoms. The third-order valence-electron chi connectivity index (χ3n) is 1.06. The van der Waals surface area contributed by atoms with Gasteiger partial charge in [0.05, 0.1) is 6.54 Å². The van der Waals surface area contributed by atoms with Crippen molar-refractivity contribution in [2.75, 3.05) is 19.5 Å². The summed E-state index contributed by atoms with van der Waals surface area (Å²) in [5.41, 5.74) is 0. The van der Waals surface area contributed by atoms with Crippen LogP contribution in [0.2, 0.25) is 0 Å². The maximum Gasteiger partial charge on any atom is 0.224 e. The van der Waals surface area contributed by atoms with Crippen LogP contribution in [-0.4, -0.2) is 30.3 Å². The van der Waals surface area contributed by atoms with Crippen LogP contribution < -0.4 is 0 Å². The van der Waals surface area contributed by atoms with E-state index in [0.29, 0.717) is 18.8 Å². The zero-order chi connectivity index (χ0) is 7.98. The van der Waals surface area contributed by atoms with Gasteiger partial charge in [0.2, 0.25) is 5.91 Å². The number of halogens is 1. The van der Waals surface area contributed by atoms with Gasteiger partial charge in [-0.1, -0.05) is 5.92 Å². The zero-order valence-electron chi connectivity index (χ0n) is 5.93. The minimum absolute atomic E-state index is 0.00653. The Labute approximate surface area is 66.2 Å². The molecule has 0 spiro atoms. The first kappa shape index (κ1) is 9.32. The van der Waals surface area contributed by atoms with Gasteiger partial charge in [0.15, 0.2) is 0 Å². The predicted molar refractivity (Wildman–Crippen MR) is 41.8 cm³/mol. The second-order valence-electron chi connectivity index (χ2n) is 1.89. The first-order chi connectivity index (χ1) is 4.72. The van der Waals surface area contributed by atoms with Crippen molar-refractivity contribution in [3.63, 3.8) is 0 Å². The molecule has 0 aliphatic heterocycles. The average Bonchev–Trinajstić information content (AvgIpc) is 1.89. The Kier molecular flexibility index (Phi) is 4.78. The molecule has 0 aromatic heterocycles. The van der Waals surface area contributed by atoms with Crippen molar-refractivity contribution in [3.8, 4) is 12.3 Å². The minimum atomic E-state index is -0.00653. The van der Waals surface area contributed by atoms with E-state index in [1.54, 1.807) is 7.05 Å². The molecule has 0 heterocycles. The summed E-state index contributed by atoms with van der Waals surface area (Å²) in [6.07, 6.45) is 5.35. The molecule has 0 fully saturated rings. The van der Waals surface area contributed by atoms with Gasteiger partial charge in [-0.25, -0.2) is 0 Å². The van der Waals surface area contributed by atoms with Crippen molar-refractivity contribution in [1.82, 2.24) is 4.90 Å². The van der Waals surface area contributed by atoms with Crippen LogP contribution in [0, 0.1) is 12.3 Å². The van der Waals surface area contributed by atoms with E-state index in [9.17, 15) is 4.79 Å². The van der Waals surface area contributed by atoms with Crippen LogP contribution in [0.15, 0.2) is 0 Å². The standard InChI is InChI=1S/C7H10ClNO/c1-3-6-9(2)7(10)4-5-8/h1H,4-6H2,2H3. The lowest BCUT2D eigenvalue weighted by molar-refractivity contribution is -0.128. The highest BCUT2D eigenvalue weighted by molar-refractivity contribution is 6.18. The summed E-state index contributed by atoms with van der Waals surface area (Å²) in [4.78, 5) is 12.4. The summed E-state index contributed by atoms with van der Waals surface area (Å²) < 4.78 is 0. The van der Waals surface area contributed by atoms with Gasteiger partial charge < -0.3 is 4.90 Å². The third-order valence-corrected chi connectivity index (χ3v) is 1.25. The Bertz CT molecular complexity index is 150. The minimum Gasteiger partial charge on any atom is -0.335 e. The molecule has 56 valence electrons. The summed E-state index contributed by atoms with van der Waals surface area (Å²) >= 11 is 5.34. The molecule has 0 aromatic rings. The maximum absolute atomic E-state index is 10.9. The lowest BCUT2D eigenvalue weighted by Gasteiger charge is -2.11. The highest BCUT2D eigenvalue weighted by Gasteiger charge is 2.04. The Balaban J connectivity index is 3.62. The number of hydrogen-bond donors (Lipinski definition) is 0. The smallest absolute Gasteiger partial charge is 0.224 e. The van der Waals surface area contributed by atoms with Crippen LogP contribution in [0.1, 0.15) is 6.42 Å². The van der Waals surface area contributed by atoms with Gasteiger partial charge in [-0.2, -0.15) is 0 Å². The Morgan fingerprint density at radius 1 is 1.80 bits per heavy atom. The number of nitrogens with zero attached hydrogens (tertiary/aromatic N) is 1. The summed E-state index contributed by atoms with van der Waals surface area (Å²) in [5.74, 6) is 2.72. The Morgan fingerprint density at radius 3 is 2.80 bits per heavy atom. The number of hydrogen-bond acceptors (Lipinski definition) is 1. The maximum atomic E-state index is 10.9.